The largest absolute Gasteiger partial charge is 0.487 e. The molecule has 1 aromatic carbocycles. The highest BCUT2D eigenvalue weighted by Gasteiger charge is 2.12. The second-order valence-corrected chi connectivity index (χ2v) is 5.11. The molecule has 0 atom stereocenters. The van der Waals surface area contributed by atoms with E-state index in [4.69, 9.17) is 18.9 Å². The van der Waals surface area contributed by atoms with Gasteiger partial charge in [-0.2, -0.15) is 0 Å². The molecule has 0 bridgehead atoms. The molecule has 122 valence electrons. The van der Waals surface area contributed by atoms with Gasteiger partial charge in [-0.15, -0.1) is 0 Å². The summed E-state index contributed by atoms with van der Waals surface area (Å²) in [5, 5.41) is 0. The molecule has 0 saturated heterocycles. The highest BCUT2D eigenvalue weighted by molar-refractivity contribution is 5.96. The topological polar surface area (TPSA) is 54.0 Å². The molecule has 0 fully saturated rings. The first-order valence-electron chi connectivity index (χ1n) is 7.89. The highest BCUT2D eigenvalue weighted by atomic mass is 16.6. The number of unbranched alkanes of at least 4 members (excludes halogenated alkanes) is 1. The van der Waals surface area contributed by atoms with Crippen LogP contribution in [-0.4, -0.2) is 45.4 Å². The maximum Gasteiger partial charge on any atom is 0.163 e. The molecular formula is C17H24O5. The van der Waals surface area contributed by atoms with Crippen LogP contribution in [-0.2, 0) is 9.47 Å². The molecule has 0 saturated carbocycles. The van der Waals surface area contributed by atoms with Crippen LogP contribution in [0.4, 0.5) is 0 Å². The first kappa shape index (κ1) is 16.8. The molecular weight excluding hydrogens is 284 g/mol. The van der Waals surface area contributed by atoms with Crippen molar-refractivity contribution in [1.82, 2.24) is 0 Å². The van der Waals surface area contributed by atoms with Crippen molar-refractivity contribution in [2.45, 2.75) is 26.2 Å². The van der Waals surface area contributed by atoms with Crippen molar-refractivity contribution >= 4 is 5.78 Å². The Hall–Kier alpha value is -1.59. The van der Waals surface area contributed by atoms with Gasteiger partial charge in [0.05, 0.1) is 26.4 Å². The van der Waals surface area contributed by atoms with Gasteiger partial charge in [-0.05, 0) is 24.6 Å². The van der Waals surface area contributed by atoms with Gasteiger partial charge in [0.1, 0.15) is 13.2 Å². The van der Waals surface area contributed by atoms with Crippen molar-refractivity contribution in [3.05, 3.63) is 23.8 Å². The van der Waals surface area contributed by atoms with Crippen LogP contribution in [0.1, 0.15) is 36.5 Å². The standard InChI is InChI=1S/C17H24O5/c1-2-3-4-15(18)14-5-6-16-17(13-14)22-12-10-20-8-7-19-9-11-21-16/h5-6,13H,2-4,7-12H2,1H3. The van der Waals surface area contributed by atoms with Crippen LogP contribution < -0.4 is 9.47 Å². The van der Waals surface area contributed by atoms with Crippen LogP contribution in [0.3, 0.4) is 0 Å². The number of Topliss-reactive ketones (excluding diaryl/α,β-unsaturated/α-hetero) is 1. The number of hydrogen-bond donors (Lipinski definition) is 0. The normalized spacial score (nSPS) is 16.4. The summed E-state index contributed by atoms with van der Waals surface area (Å²) in [6.07, 6.45) is 2.47. The summed E-state index contributed by atoms with van der Waals surface area (Å²) < 4.78 is 22.2. The maximum absolute atomic E-state index is 12.1. The number of hydrogen-bond acceptors (Lipinski definition) is 5. The van der Waals surface area contributed by atoms with Crippen molar-refractivity contribution in [3.8, 4) is 11.5 Å². The van der Waals surface area contributed by atoms with Crippen molar-refractivity contribution in [2.24, 2.45) is 0 Å². The van der Waals surface area contributed by atoms with Crippen LogP contribution in [0.2, 0.25) is 0 Å². The van der Waals surface area contributed by atoms with E-state index in [9.17, 15) is 4.79 Å². The Morgan fingerprint density at radius 3 is 2.27 bits per heavy atom. The summed E-state index contributed by atoms with van der Waals surface area (Å²) in [5.74, 6) is 1.36. The van der Waals surface area contributed by atoms with E-state index in [0.717, 1.165) is 12.8 Å². The average Bonchev–Trinajstić information content (AvgIpc) is 2.53. The molecule has 5 heteroatoms. The van der Waals surface area contributed by atoms with E-state index in [1.807, 2.05) is 0 Å². The zero-order valence-electron chi connectivity index (χ0n) is 13.1. The van der Waals surface area contributed by atoms with Gasteiger partial charge in [0.25, 0.3) is 0 Å². The lowest BCUT2D eigenvalue weighted by Gasteiger charge is -2.15. The zero-order chi connectivity index (χ0) is 15.6. The van der Waals surface area contributed by atoms with E-state index in [0.29, 0.717) is 63.1 Å². The Morgan fingerprint density at radius 1 is 0.955 bits per heavy atom. The summed E-state index contributed by atoms with van der Waals surface area (Å²) in [7, 11) is 0. The summed E-state index contributed by atoms with van der Waals surface area (Å²) in [6, 6.07) is 5.35. The minimum atomic E-state index is 0.138. The van der Waals surface area contributed by atoms with Crippen LogP contribution in [0.15, 0.2) is 18.2 Å². The molecule has 1 aliphatic heterocycles. The lowest BCUT2D eigenvalue weighted by atomic mass is 10.1. The Labute approximate surface area is 131 Å². The fourth-order valence-corrected chi connectivity index (χ4v) is 2.14. The lowest BCUT2D eigenvalue weighted by Crippen LogP contribution is -2.16. The average molecular weight is 308 g/mol. The minimum Gasteiger partial charge on any atom is -0.487 e. The molecule has 0 unspecified atom stereocenters. The van der Waals surface area contributed by atoms with Gasteiger partial charge in [-0.3, -0.25) is 4.79 Å². The molecule has 0 spiro atoms. The highest BCUT2D eigenvalue weighted by Crippen LogP contribution is 2.29. The van der Waals surface area contributed by atoms with Gasteiger partial charge in [0.2, 0.25) is 0 Å². The van der Waals surface area contributed by atoms with Crippen molar-refractivity contribution in [1.29, 1.82) is 0 Å². The van der Waals surface area contributed by atoms with E-state index in [-0.39, 0.29) is 5.78 Å². The predicted octanol–water partition coefficient (Wildman–Crippen LogP) is 2.86. The second kappa shape index (κ2) is 9.43. The Balaban J connectivity index is 2.08. The monoisotopic (exact) mass is 308 g/mol. The number of ketones is 1. The summed E-state index contributed by atoms with van der Waals surface area (Å²) in [5.41, 5.74) is 0.667. The smallest absolute Gasteiger partial charge is 0.163 e. The third-order valence-electron chi connectivity index (χ3n) is 3.37. The van der Waals surface area contributed by atoms with Crippen LogP contribution >= 0.6 is 0 Å². The number of rotatable bonds is 4. The summed E-state index contributed by atoms with van der Waals surface area (Å²) in [4.78, 5) is 12.1. The number of ether oxygens (including phenoxy) is 4. The summed E-state index contributed by atoms with van der Waals surface area (Å²) >= 11 is 0. The van der Waals surface area contributed by atoms with Crippen LogP contribution in [0.25, 0.3) is 0 Å². The Kier molecular flexibility index (Phi) is 7.19. The minimum absolute atomic E-state index is 0.138. The van der Waals surface area contributed by atoms with E-state index in [1.54, 1.807) is 18.2 Å². The Morgan fingerprint density at radius 2 is 1.59 bits per heavy atom. The quantitative estimate of drug-likeness (QED) is 0.801. The number of benzene rings is 1. The predicted molar refractivity (Wildman–Crippen MR) is 82.9 cm³/mol. The molecule has 1 aromatic rings. The third kappa shape index (κ3) is 5.31. The van der Waals surface area contributed by atoms with Crippen molar-refractivity contribution in [3.63, 3.8) is 0 Å². The third-order valence-corrected chi connectivity index (χ3v) is 3.37. The van der Waals surface area contributed by atoms with Gasteiger partial charge in [0, 0.05) is 12.0 Å². The molecule has 0 radical (unpaired) electrons. The number of carbonyl (C=O) groups excluding carboxylic acids is 1. The molecule has 22 heavy (non-hydrogen) atoms. The lowest BCUT2D eigenvalue weighted by molar-refractivity contribution is 0.0223. The van der Waals surface area contributed by atoms with E-state index in [1.165, 1.54) is 0 Å². The molecule has 0 N–H and O–H groups in total. The summed E-state index contributed by atoms with van der Waals surface area (Å²) in [6.45, 7) is 5.02. The molecule has 1 heterocycles. The van der Waals surface area contributed by atoms with Gasteiger partial charge in [-0.25, -0.2) is 0 Å². The van der Waals surface area contributed by atoms with E-state index in [2.05, 4.69) is 6.92 Å². The van der Waals surface area contributed by atoms with Gasteiger partial charge >= 0.3 is 0 Å². The van der Waals surface area contributed by atoms with Crippen molar-refractivity contribution < 1.29 is 23.7 Å². The molecule has 2 rings (SSSR count). The van der Waals surface area contributed by atoms with Crippen LogP contribution in [0, 0.1) is 0 Å². The van der Waals surface area contributed by atoms with Crippen LogP contribution in [0.5, 0.6) is 11.5 Å². The number of fused-ring (bicyclic) bond motifs is 1. The molecule has 5 nitrogen and oxygen atoms in total. The van der Waals surface area contributed by atoms with Gasteiger partial charge < -0.3 is 18.9 Å². The first-order valence-corrected chi connectivity index (χ1v) is 7.89. The zero-order valence-corrected chi connectivity index (χ0v) is 13.1. The first-order chi connectivity index (χ1) is 10.8. The van der Waals surface area contributed by atoms with Crippen molar-refractivity contribution in [2.75, 3.05) is 39.6 Å². The molecule has 0 aliphatic carbocycles. The number of carbonyl (C=O) groups is 1. The maximum atomic E-state index is 12.1. The molecule has 0 amide bonds. The molecule has 1 aliphatic rings. The SMILES string of the molecule is CCCCC(=O)c1ccc2c(c1)OCCOCCOCCO2. The van der Waals surface area contributed by atoms with E-state index >= 15 is 0 Å². The van der Waals surface area contributed by atoms with E-state index < -0.39 is 0 Å². The second-order valence-electron chi connectivity index (χ2n) is 5.11. The van der Waals surface area contributed by atoms with Gasteiger partial charge in [0.15, 0.2) is 17.3 Å². The fourth-order valence-electron chi connectivity index (χ4n) is 2.14. The Bertz CT molecular complexity index is 472. The van der Waals surface area contributed by atoms with Gasteiger partial charge in [-0.1, -0.05) is 13.3 Å². The fraction of sp³-hybridized carbons (Fsp3) is 0.588. The molecule has 0 aromatic heterocycles.